The average Bonchev–Trinajstić information content (AvgIpc) is 3.18. The minimum absolute atomic E-state index is 0.112. The lowest BCUT2D eigenvalue weighted by Crippen LogP contribution is -2.24. The summed E-state index contributed by atoms with van der Waals surface area (Å²) in [5.74, 6) is 2.16. The highest BCUT2D eigenvalue weighted by Gasteiger charge is 2.12. The lowest BCUT2D eigenvalue weighted by Gasteiger charge is -2.12. The van der Waals surface area contributed by atoms with E-state index in [2.05, 4.69) is 9.88 Å². The standard InChI is InChI=1S/C25H25N3O3/c1-30-22-14-7-8-15-23(22)31-17-9-16-28-21-13-6-5-12-20(21)27-24(28)18-26-25(29)19-10-3-2-4-11-19/h2-8,10-15H,9,16-18H2,1H3,(H,26,29). The second-order valence-corrected chi connectivity index (χ2v) is 7.07. The van der Waals surface area contributed by atoms with Gasteiger partial charge in [0.1, 0.15) is 5.82 Å². The number of hydrogen-bond donors (Lipinski definition) is 1. The minimum atomic E-state index is -0.112. The Hall–Kier alpha value is -3.80. The van der Waals surface area contributed by atoms with E-state index in [0.29, 0.717) is 18.7 Å². The van der Waals surface area contributed by atoms with E-state index in [0.717, 1.165) is 41.3 Å². The molecule has 3 aromatic carbocycles. The number of carbonyl (C=O) groups excluding carboxylic acids is 1. The van der Waals surface area contributed by atoms with Crippen LogP contribution in [0.3, 0.4) is 0 Å². The summed E-state index contributed by atoms with van der Waals surface area (Å²) in [7, 11) is 1.63. The summed E-state index contributed by atoms with van der Waals surface area (Å²) in [6.07, 6.45) is 0.790. The number of fused-ring (bicyclic) bond motifs is 1. The summed E-state index contributed by atoms with van der Waals surface area (Å²) >= 11 is 0. The van der Waals surface area contributed by atoms with Crippen LogP contribution in [0.5, 0.6) is 11.5 Å². The molecule has 0 aliphatic heterocycles. The molecule has 1 N–H and O–H groups in total. The van der Waals surface area contributed by atoms with E-state index in [9.17, 15) is 4.79 Å². The van der Waals surface area contributed by atoms with Crippen LogP contribution in [-0.4, -0.2) is 29.2 Å². The van der Waals surface area contributed by atoms with Crippen molar-refractivity contribution in [2.24, 2.45) is 0 Å². The molecule has 0 aliphatic carbocycles. The van der Waals surface area contributed by atoms with Crippen molar-refractivity contribution in [2.45, 2.75) is 19.5 Å². The smallest absolute Gasteiger partial charge is 0.251 e. The fraction of sp³-hybridized carbons (Fsp3) is 0.200. The molecule has 0 aliphatic rings. The van der Waals surface area contributed by atoms with Crippen LogP contribution in [0.4, 0.5) is 0 Å². The molecule has 0 saturated carbocycles. The number of nitrogens with one attached hydrogen (secondary N) is 1. The van der Waals surface area contributed by atoms with Crippen LogP contribution in [0, 0.1) is 0 Å². The molecule has 158 valence electrons. The zero-order chi connectivity index (χ0) is 21.5. The molecule has 0 bridgehead atoms. The van der Waals surface area contributed by atoms with Crippen LogP contribution in [0.15, 0.2) is 78.9 Å². The minimum Gasteiger partial charge on any atom is -0.493 e. The molecule has 4 rings (SSSR count). The number of aryl methyl sites for hydroxylation is 1. The van der Waals surface area contributed by atoms with Crippen molar-refractivity contribution in [3.05, 3.63) is 90.3 Å². The first kappa shape index (κ1) is 20.5. The van der Waals surface area contributed by atoms with Gasteiger partial charge in [-0.3, -0.25) is 4.79 Å². The second-order valence-electron chi connectivity index (χ2n) is 7.07. The van der Waals surface area contributed by atoms with Gasteiger partial charge in [-0.05, 0) is 42.8 Å². The number of hydrogen-bond acceptors (Lipinski definition) is 4. The maximum atomic E-state index is 12.4. The first-order valence-corrected chi connectivity index (χ1v) is 10.3. The molecule has 4 aromatic rings. The monoisotopic (exact) mass is 415 g/mol. The van der Waals surface area contributed by atoms with Gasteiger partial charge in [0.25, 0.3) is 5.91 Å². The van der Waals surface area contributed by atoms with Crippen LogP contribution < -0.4 is 14.8 Å². The normalized spacial score (nSPS) is 10.7. The SMILES string of the molecule is COc1ccccc1OCCCn1c(CNC(=O)c2ccccc2)nc2ccccc21. The fourth-order valence-electron chi connectivity index (χ4n) is 3.50. The molecule has 0 fully saturated rings. The number of imidazole rings is 1. The quantitative estimate of drug-likeness (QED) is 0.410. The molecule has 1 aromatic heterocycles. The first-order valence-electron chi connectivity index (χ1n) is 10.3. The van der Waals surface area contributed by atoms with Gasteiger partial charge in [-0.1, -0.05) is 42.5 Å². The Morgan fingerprint density at radius 2 is 1.65 bits per heavy atom. The van der Waals surface area contributed by atoms with Crippen molar-refractivity contribution in [1.29, 1.82) is 0 Å². The van der Waals surface area contributed by atoms with E-state index >= 15 is 0 Å². The average molecular weight is 415 g/mol. The van der Waals surface area contributed by atoms with Gasteiger partial charge in [-0.15, -0.1) is 0 Å². The Bertz CT molecular complexity index is 1160. The number of benzene rings is 3. The zero-order valence-corrected chi connectivity index (χ0v) is 17.5. The van der Waals surface area contributed by atoms with Crippen LogP contribution in [0.2, 0.25) is 0 Å². The Labute approximate surface area is 181 Å². The number of nitrogens with zero attached hydrogens (tertiary/aromatic N) is 2. The molecule has 0 saturated heterocycles. The summed E-state index contributed by atoms with van der Waals surface area (Å²) in [6, 6.07) is 24.8. The third kappa shape index (κ3) is 4.86. The van der Waals surface area contributed by atoms with Crippen molar-refractivity contribution >= 4 is 16.9 Å². The van der Waals surface area contributed by atoms with Crippen molar-refractivity contribution in [2.75, 3.05) is 13.7 Å². The summed E-state index contributed by atoms with van der Waals surface area (Å²) in [5.41, 5.74) is 2.59. The van der Waals surface area contributed by atoms with Gasteiger partial charge >= 0.3 is 0 Å². The highest BCUT2D eigenvalue weighted by Crippen LogP contribution is 2.26. The Kier molecular flexibility index (Phi) is 6.47. The predicted molar refractivity (Wildman–Crippen MR) is 120 cm³/mol. The zero-order valence-electron chi connectivity index (χ0n) is 17.5. The number of methoxy groups -OCH3 is 1. The summed E-state index contributed by atoms with van der Waals surface area (Å²) < 4.78 is 13.4. The lowest BCUT2D eigenvalue weighted by molar-refractivity contribution is 0.0949. The Morgan fingerprint density at radius 1 is 0.935 bits per heavy atom. The molecule has 0 spiro atoms. The number of amides is 1. The molecule has 6 heteroatoms. The van der Waals surface area contributed by atoms with E-state index < -0.39 is 0 Å². The summed E-state index contributed by atoms with van der Waals surface area (Å²) in [5, 5.41) is 2.98. The highest BCUT2D eigenvalue weighted by atomic mass is 16.5. The molecule has 0 atom stereocenters. The van der Waals surface area contributed by atoms with Crippen LogP contribution >= 0.6 is 0 Å². The van der Waals surface area contributed by atoms with Crippen LogP contribution in [-0.2, 0) is 13.1 Å². The maximum absolute atomic E-state index is 12.4. The largest absolute Gasteiger partial charge is 0.493 e. The van der Waals surface area contributed by atoms with Crippen LogP contribution in [0.25, 0.3) is 11.0 Å². The van der Waals surface area contributed by atoms with Gasteiger partial charge in [0.05, 0.1) is 31.3 Å². The highest BCUT2D eigenvalue weighted by molar-refractivity contribution is 5.94. The Balaban J connectivity index is 1.43. The number of para-hydroxylation sites is 4. The number of rotatable bonds is 9. The molecule has 0 unspecified atom stereocenters. The number of carbonyl (C=O) groups is 1. The van der Waals surface area contributed by atoms with Gasteiger partial charge in [-0.2, -0.15) is 0 Å². The lowest BCUT2D eigenvalue weighted by atomic mass is 10.2. The van der Waals surface area contributed by atoms with Crippen molar-refractivity contribution in [3.8, 4) is 11.5 Å². The van der Waals surface area contributed by atoms with E-state index in [-0.39, 0.29) is 5.91 Å². The first-order chi connectivity index (χ1) is 15.3. The topological polar surface area (TPSA) is 65.4 Å². The number of aromatic nitrogens is 2. The van der Waals surface area contributed by atoms with Crippen molar-refractivity contribution in [3.63, 3.8) is 0 Å². The van der Waals surface area contributed by atoms with Gasteiger partial charge in [0.15, 0.2) is 11.5 Å². The molecule has 0 radical (unpaired) electrons. The number of ether oxygens (including phenoxy) is 2. The van der Waals surface area contributed by atoms with E-state index in [1.165, 1.54) is 0 Å². The van der Waals surface area contributed by atoms with Gasteiger partial charge in [0.2, 0.25) is 0 Å². The van der Waals surface area contributed by atoms with Gasteiger partial charge in [0, 0.05) is 12.1 Å². The van der Waals surface area contributed by atoms with E-state index in [1.807, 2.05) is 66.7 Å². The third-order valence-corrected chi connectivity index (χ3v) is 5.03. The van der Waals surface area contributed by atoms with Gasteiger partial charge in [-0.25, -0.2) is 4.98 Å². The summed E-state index contributed by atoms with van der Waals surface area (Å²) in [6.45, 7) is 1.63. The summed E-state index contributed by atoms with van der Waals surface area (Å²) in [4.78, 5) is 17.2. The molecule has 6 nitrogen and oxygen atoms in total. The van der Waals surface area contributed by atoms with E-state index in [1.54, 1.807) is 19.2 Å². The van der Waals surface area contributed by atoms with Crippen molar-refractivity contribution in [1.82, 2.24) is 14.9 Å². The third-order valence-electron chi connectivity index (χ3n) is 5.03. The van der Waals surface area contributed by atoms with E-state index in [4.69, 9.17) is 14.5 Å². The Morgan fingerprint density at radius 3 is 2.45 bits per heavy atom. The molecule has 31 heavy (non-hydrogen) atoms. The second kappa shape index (κ2) is 9.80. The fourth-order valence-corrected chi connectivity index (χ4v) is 3.50. The molecular formula is C25H25N3O3. The molecule has 1 amide bonds. The predicted octanol–water partition coefficient (Wildman–Crippen LogP) is 4.44. The van der Waals surface area contributed by atoms with Crippen molar-refractivity contribution < 1.29 is 14.3 Å². The van der Waals surface area contributed by atoms with Crippen LogP contribution in [0.1, 0.15) is 22.6 Å². The maximum Gasteiger partial charge on any atom is 0.251 e. The molecule has 1 heterocycles. The van der Waals surface area contributed by atoms with Gasteiger partial charge < -0.3 is 19.4 Å². The molecular weight excluding hydrogens is 390 g/mol.